The number of carbonyl (C=O) groups excluding carboxylic acids is 1. The monoisotopic (exact) mass is 352 g/mol. The molecule has 1 saturated heterocycles. The first-order chi connectivity index (χ1) is 11.1. The number of hydrogen-bond acceptors (Lipinski definition) is 3. The molecule has 0 N–H and O–H groups in total. The van der Waals surface area contributed by atoms with Crippen molar-refractivity contribution in [2.75, 3.05) is 20.6 Å². The van der Waals surface area contributed by atoms with Crippen LogP contribution in [0.5, 0.6) is 0 Å². The lowest BCUT2D eigenvalue weighted by Crippen LogP contribution is -2.38. The fourth-order valence-electron chi connectivity index (χ4n) is 3.32. The normalized spacial score (nSPS) is 18.7. The molecule has 1 aliphatic heterocycles. The molecule has 1 aliphatic rings. The van der Waals surface area contributed by atoms with E-state index in [0.717, 1.165) is 24.9 Å². The molecule has 0 saturated carbocycles. The standard InChI is InChI=1S/C18H28N2O3S/c1-12(2)16-8-7-9-20(16)18(21)15-10-13(3)14(4)17(11-15)24(22,23)19(5)6/h10-12,16H,7-9H2,1-6H3. The predicted octanol–water partition coefficient (Wildman–Crippen LogP) is 2.81. The maximum atomic E-state index is 13.0. The summed E-state index contributed by atoms with van der Waals surface area (Å²) in [5.74, 6) is 0.331. The lowest BCUT2D eigenvalue weighted by Gasteiger charge is -2.28. The first-order valence-electron chi connectivity index (χ1n) is 8.42. The highest BCUT2D eigenvalue weighted by Gasteiger charge is 2.32. The van der Waals surface area contributed by atoms with E-state index in [1.54, 1.807) is 6.92 Å². The fraction of sp³-hybridized carbons (Fsp3) is 0.611. The molecule has 1 amide bonds. The molecule has 1 fully saturated rings. The van der Waals surface area contributed by atoms with Gasteiger partial charge >= 0.3 is 0 Å². The maximum Gasteiger partial charge on any atom is 0.254 e. The summed E-state index contributed by atoms with van der Waals surface area (Å²) in [5.41, 5.74) is 1.98. The highest BCUT2D eigenvalue weighted by atomic mass is 32.2. The Morgan fingerprint density at radius 1 is 1.25 bits per heavy atom. The van der Waals surface area contributed by atoms with Crippen molar-refractivity contribution in [1.29, 1.82) is 0 Å². The number of likely N-dealkylation sites (tertiary alicyclic amines) is 1. The third kappa shape index (κ3) is 3.35. The van der Waals surface area contributed by atoms with Crippen LogP contribution in [0.2, 0.25) is 0 Å². The number of carbonyl (C=O) groups is 1. The van der Waals surface area contributed by atoms with Crippen LogP contribution >= 0.6 is 0 Å². The van der Waals surface area contributed by atoms with E-state index in [-0.39, 0.29) is 16.8 Å². The molecule has 24 heavy (non-hydrogen) atoms. The van der Waals surface area contributed by atoms with Gasteiger partial charge < -0.3 is 4.90 Å². The molecule has 1 atom stereocenters. The molecule has 0 aromatic heterocycles. The second-order valence-corrected chi connectivity index (χ2v) is 9.28. The third-order valence-corrected chi connectivity index (χ3v) is 6.90. The summed E-state index contributed by atoms with van der Waals surface area (Å²) >= 11 is 0. The van der Waals surface area contributed by atoms with Gasteiger partial charge in [0.05, 0.1) is 4.90 Å². The predicted molar refractivity (Wildman–Crippen MR) is 95.7 cm³/mol. The van der Waals surface area contributed by atoms with Crippen LogP contribution in [0, 0.1) is 19.8 Å². The van der Waals surface area contributed by atoms with Crippen molar-refractivity contribution in [2.24, 2.45) is 5.92 Å². The minimum absolute atomic E-state index is 0.0653. The number of hydrogen-bond donors (Lipinski definition) is 0. The van der Waals surface area contributed by atoms with Gasteiger partial charge in [0.1, 0.15) is 0 Å². The van der Waals surface area contributed by atoms with Gasteiger partial charge in [0.25, 0.3) is 5.91 Å². The summed E-state index contributed by atoms with van der Waals surface area (Å²) in [6.45, 7) is 8.62. The zero-order valence-electron chi connectivity index (χ0n) is 15.5. The number of benzene rings is 1. The Morgan fingerprint density at radius 2 is 1.88 bits per heavy atom. The molecular formula is C18H28N2O3S. The minimum Gasteiger partial charge on any atom is -0.335 e. The molecule has 0 bridgehead atoms. The molecule has 6 heteroatoms. The lowest BCUT2D eigenvalue weighted by molar-refractivity contribution is 0.0701. The van der Waals surface area contributed by atoms with Gasteiger partial charge in [0.15, 0.2) is 0 Å². The minimum atomic E-state index is -3.58. The highest BCUT2D eigenvalue weighted by molar-refractivity contribution is 7.89. The third-order valence-electron chi connectivity index (χ3n) is 4.95. The van der Waals surface area contributed by atoms with Crippen LogP contribution in [-0.4, -0.2) is 50.2 Å². The number of sulfonamides is 1. The van der Waals surface area contributed by atoms with Gasteiger partial charge in [-0.05, 0) is 55.9 Å². The van der Waals surface area contributed by atoms with Gasteiger partial charge in [-0.1, -0.05) is 13.8 Å². The lowest BCUT2D eigenvalue weighted by atomic mass is 10.0. The van der Waals surface area contributed by atoms with E-state index in [4.69, 9.17) is 0 Å². The van der Waals surface area contributed by atoms with Gasteiger partial charge in [-0.2, -0.15) is 0 Å². The molecule has 0 aliphatic carbocycles. The number of aryl methyl sites for hydroxylation is 1. The van der Waals surface area contributed by atoms with Crippen LogP contribution < -0.4 is 0 Å². The number of nitrogens with zero attached hydrogens (tertiary/aromatic N) is 2. The molecule has 1 heterocycles. The summed E-state index contributed by atoms with van der Waals surface area (Å²) < 4.78 is 26.3. The van der Waals surface area contributed by atoms with E-state index in [1.807, 2.05) is 17.9 Å². The van der Waals surface area contributed by atoms with E-state index in [0.29, 0.717) is 17.0 Å². The van der Waals surface area contributed by atoms with Crippen LogP contribution in [0.25, 0.3) is 0 Å². The topological polar surface area (TPSA) is 57.7 Å². The van der Waals surface area contributed by atoms with E-state index in [1.165, 1.54) is 24.5 Å². The van der Waals surface area contributed by atoms with Gasteiger partial charge in [0, 0.05) is 32.2 Å². The molecule has 1 aromatic carbocycles. The Morgan fingerprint density at radius 3 is 2.42 bits per heavy atom. The SMILES string of the molecule is Cc1cc(C(=O)N2CCCC2C(C)C)cc(S(=O)(=O)N(C)C)c1C. The largest absolute Gasteiger partial charge is 0.335 e. The van der Waals surface area contributed by atoms with E-state index >= 15 is 0 Å². The second-order valence-electron chi connectivity index (χ2n) is 7.16. The van der Waals surface area contributed by atoms with Crippen molar-refractivity contribution in [2.45, 2.75) is 51.5 Å². The molecule has 5 nitrogen and oxygen atoms in total. The Labute approximate surface area is 145 Å². The van der Waals surface area contributed by atoms with E-state index in [9.17, 15) is 13.2 Å². The molecule has 1 aromatic rings. The maximum absolute atomic E-state index is 13.0. The van der Waals surface area contributed by atoms with Crippen molar-refractivity contribution < 1.29 is 13.2 Å². The molecule has 1 unspecified atom stereocenters. The molecule has 2 rings (SSSR count). The van der Waals surface area contributed by atoms with Gasteiger partial charge in [0.2, 0.25) is 10.0 Å². The summed E-state index contributed by atoms with van der Waals surface area (Å²) in [6, 6.07) is 3.57. The highest BCUT2D eigenvalue weighted by Crippen LogP contribution is 2.28. The number of rotatable bonds is 4. The Kier molecular flexibility index (Phi) is 5.40. The second kappa shape index (κ2) is 6.84. The van der Waals surface area contributed by atoms with Crippen LogP contribution in [0.15, 0.2) is 17.0 Å². The smallest absolute Gasteiger partial charge is 0.254 e. The first-order valence-corrected chi connectivity index (χ1v) is 9.86. The van der Waals surface area contributed by atoms with Crippen LogP contribution in [-0.2, 0) is 10.0 Å². The van der Waals surface area contributed by atoms with Crippen molar-refractivity contribution in [3.63, 3.8) is 0 Å². The first kappa shape index (κ1) is 18.9. The zero-order valence-corrected chi connectivity index (χ0v) is 16.3. The van der Waals surface area contributed by atoms with Gasteiger partial charge in [-0.15, -0.1) is 0 Å². The Hall–Kier alpha value is -1.40. The zero-order chi connectivity index (χ0) is 18.2. The van der Waals surface area contributed by atoms with E-state index < -0.39 is 10.0 Å². The average Bonchev–Trinajstić information content (AvgIpc) is 2.98. The number of amides is 1. The summed E-state index contributed by atoms with van der Waals surface area (Å²) in [4.78, 5) is 15.1. The molecule has 0 radical (unpaired) electrons. The quantitative estimate of drug-likeness (QED) is 0.837. The summed E-state index contributed by atoms with van der Waals surface area (Å²) in [6.07, 6.45) is 2.01. The Balaban J connectivity index is 2.49. The van der Waals surface area contributed by atoms with Crippen LogP contribution in [0.1, 0.15) is 48.2 Å². The molecule has 0 spiro atoms. The molecular weight excluding hydrogens is 324 g/mol. The van der Waals surface area contributed by atoms with Gasteiger partial charge in [-0.3, -0.25) is 4.79 Å². The van der Waals surface area contributed by atoms with Crippen LogP contribution in [0.3, 0.4) is 0 Å². The van der Waals surface area contributed by atoms with E-state index in [2.05, 4.69) is 13.8 Å². The summed E-state index contributed by atoms with van der Waals surface area (Å²) in [5, 5.41) is 0. The van der Waals surface area contributed by atoms with Crippen molar-refractivity contribution in [3.05, 3.63) is 28.8 Å². The van der Waals surface area contributed by atoms with Crippen molar-refractivity contribution in [3.8, 4) is 0 Å². The molecule has 134 valence electrons. The average molecular weight is 353 g/mol. The van der Waals surface area contributed by atoms with Crippen molar-refractivity contribution in [1.82, 2.24) is 9.21 Å². The van der Waals surface area contributed by atoms with Crippen LogP contribution in [0.4, 0.5) is 0 Å². The summed E-state index contributed by atoms with van der Waals surface area (Å²) in [7, 11) is -0.561. The van der Waals surface area contributed by atoms with Gasteiger partial charge in [-0.25, -0.2) is 12.7 Å². The fourth-order valence-corrected chi connectivity index (χ4v) is 4.54. The van der Waals surface area contributed by atoms with Crippen molar-refractivity contribution >= 4 is 15.9 Å². The Bertz CT molecular complexity index is 739.